The van der Waals surface area contributed by atoms with Crippen molar-refractivity contribution < 1.29 is 0 Å². The van der Waals surface area contributed by atoms with E-state index in [4.69, 9.17) is 11.6 Å². The van der Waals surface area contributed by atoms with Gasteiger partial charge in [0, 0.05) is 41.6 Å². The van der Waals surface area contributed by atoms with Crippen molar-refractivity contribution in [2.45, 2.75) is 5.88 Å². The molecule has 0 aliphatic rings. The molecule has 0 aliphatic heterocycles. The van der Waals surface area contributed by atoms with Crippen molar-refractivity contribution in [3.63, 3.8) is 0 Å². The lowest BCUT2D eigenvalue weighted by Gasteiger charge is -1.99. The molecule has 2 aromatic heterocycles. The number of aromatic nitrogens is 2. The van der Waals surface area contributed by atoms with E-state index in [2.05, 4.69) is 34.8 Å². The SMILES string of the molecule is Cn1c2ccncc2c2ccc(CCl)cc21. The molecule has 0 amide bonds. The molecule has 0 aliphatic carbocycles. The Morgan fingerprint density at radius 3 is 2.88 bits per heavy atom. The van der Waals surface area contributed by atoms with E-state index in [-0.39, 0.29) is 0 Å². The van der Waals surface area contributed by atoms with Crippen LogP contribution in [0.4, 0.5) is 0 Å². The molecule has 0 unspecified atom stereocenters. The summed E-state index contributed by atoms with van der Waals surface area (Å²) in [4.78, 5) is 4.18. The first-order chi connectivity index (χ1) is 7.81. The predicted octanol–water partition coefficient (Wildman–Crippen LogP) is 3.47. The summed E-state index contributed by atoms with van der Waals surface area (Å²) in [7, 11) is 2.07. The van der Waals surface area contributed by atoms with Crippen molar-refractivity contribution in [2.75, 3.05) is 0 Å². The van der Waals surface area contributed by atoms with Crippen LogP contribution in [0.25, 0.3) is 21.8 Å². The zero-order chi connectivity index (χ0) is 11.1. The van der Waals surface area contributed by atoms with Gasteiger partial charge in [-0.05, 0) is 17.7 Å². The summed E-state index contributed by atoms with van der Waals surface area (Å²) in [5.41, 5.74) is 3.56. The number of alkyl halides is 1. The molecule has 0 radical (unpaired) electrons. The number of benzene rings is 1. The molecule has 2 heterocycles. The van der Waals surface area contributed by atoms with Gasteiger partial charge in [0.25, 0.3) is 0 Å². The molecule has 0 saturated carbocycles. The first-order valence-electron chi connectivity index (χ1n) is 5.18. The van der Waals surface area contributed by atoms with E-state index in [0.717, 1.165) is 5.56 Å². The maximum Gasteiger partial charge on any atom is 0.0519 e. The zero-order valence-electron chi connectivity index (χ0n) is 8.94. The molecule has 3 aromatic rings. The third kappa shape index (κ3) is 1.23. The van der Waals surface area contributed by atoms with Crippen molar-refractivity contribution >= 4 is 33.4 Å². The summed E-state index contributed by atoms with van der Waals surface area (Å²) in [6.07, 6.45) is 3.74. The van der Waals surface area contributed by atoms with Gasteiger partial charge in [0.15, 0.2) is 0 Å². The molecule has 3 heteroatoms. The van der Waals surface area contributed by atoms with Gasteiger partial charge in [0.1, 0.15) is 0 Å². The number of fused-ring (bicyclic) bond motifs is 3. The quantitative estimate of drug-likeness (QED) is 0.586. The van der Waals surface area contributed by atoms with Gasteiger partial charge >= 0.3 is 0 Å². The third-order valence-electron chi connectivity index (χ3n) is 3.03. The van der Waals surface area contributed by atoms with Crippen molar-refractivity contribution in [3.8, 4) is 0 Å². The van der Waals surface area contributed by atoms with Crippen LogP contribution in [0.1, 0.15) is 5.56 Å². The Bertz CT molecular complexity index is 670. The highest BCUT2D eigenvalue weighted by molar-refractivity contribution is 6.17. The average molecular weight is 231 g/mol. The maximum absolute atomic E-state index is 5.86. The van der Waals surface area contributed by atoms with Gasteiger partial charge in [-0.1, -0.05) is 12.1 Å². The summed E-state index contributed by atoms with van der Waals surface area (Å²) in [6.45, 7) is 0. The standard InChI is InChI=1S/C13H11ClN2/c1-16-12-4-5-15-8-11(12)10-3-2-9(7-14)6-13(10)16/h2-6,8H,7H2,1H3. The van der Waals surface area contributed by atoms with Crippen LogP contribution in [0.2, 0.25) is 0 Å². The van der Waals surface area contributed by atoms with Crippen molar-refractivity contribution in [3.05, 3.63) is 42.2 Å². The number of aryl methyl sites for hydroxylation is 1. The summed E-state index contributed by atoms with van der Waals surface area (Å²) in [5.74, 6) is 0.551. The van der Waals surface area contributed by atoms with Crippen LogP contribution in [0.5, 0.6) is 0 Å². The van der Waals surface area contributed by atoms with Crippen LogP contribution >= 0.6 is 11.6 Å². The minimum Gasteiger partial charge on any atom is -0.344 e. The lowest BCUT2D eigenvalue weighted by Crippen LogP contribution is -1.87. The van der Waals surface area contributed by atoms with E-state index in [1.165, 1.54) is 21.8 Å². The second-order valence-corrected chi connectivity index (χ2v) is 4.20. The molecule has 0 bridgehead atoms. The number of pyridine rings is 1. The van der Waals surface area contributed by atoms with Crippen molar-refractivity contribution in [1.82, 2.24) is 9.55 Å². The summed E-state index contributed by atoms with van der Waals surface area (Å²) in [5, 5.41) is 2.43. The molecule has 80 valence electrons. The number of hydrogen-bond donors (Lipinski definition) is 0. The largest absolute Gasteiger partial charge is 0.344 e. The Labute approximate surface area is 98.5 Å². The van der Waals surface area contributed by atoms with Crippen LogP contribution in [-0.2, 0) is 12.9 Å². The van der Waals surface area contributed by atoms with Crippen LogP contribution in [0, 0.1) is 0 Å². The summed E-state index contributed by atoms with van der Waals surface area (Å²) in [6, 6.07) is 8.37. The molecule has 0 saturated heterocycles. The van der Waals surface area contributed by atoms with Crippen LogP contribution < -0.4 is 0 Å². The Morgan fingerprint density at radius 1 is 1.19 bits per heavy atom. The minimum absolute atomic E-state index is 0.551. The Hall–Kier alpha value is -1.54. The smallest absolute Gasteiger partial charge is 0.0519 e. The highest BCUT2D eigenvalue weighted by Crippen LogP contribution is 2.28. The zero-order valence-corrected chi connectivity index (χ0v) is 9.70. The van der Waals surface area contributed by atoms with E-state index < -0.39 is 0 Å². The van der Waals surface area contributed by atoms with Gasteiger partial charge in [0.2, 0.25) is 0 Å². The fourth-order valence-corrected chi connectivity index (χ4v) is 2.35. The Kier molecular flexibility index (Phi) is 2.11. The van der Waals surface area contributed by atoms with Crippen LogP contribution in [0.15, 0.2) is 36.7 Å². The number of hydrogen-bond acceptors (Lipinski definition) is 1. The molecule has 3 rings (SSSR count). The fraction of sp³-hybridized carbons (Fsp3) is 0.154. The van der Waals surface area contributed by atoms with E-state index in [1.807, 2.05) is 18.5 Å². The van der Waals surface area contributed by atoms with Crippen molar-refractivity contribution in [2.24, 2.45) is 7.05 Å². The summed E-state index contributed by atoms with van der Waals surface area (Å²) < 4.78 is 2.18. The lowest BCUT2D eigenvalue weighted by molar-refractivity contribution is 1.01. The van der Waals surface area contributed by atoms with E-state index in [1.54, 1.807) is 0 Å². The van der Waals surface area contributed by atoms with E-state index in [0.29, 0.717) is 5.88 Å². The average Bonchev–Trinajstić information content (AvgIpc) is 2.64. The number of halogens is 1. The molecule has 16 heavy (non-hydrogen) atoms. The maximum atomic E-state index is 5.86. The van der Waals surface area contributed by atoms with Gasteiger partial charge in [-0.25, -0.2) is 0 Å². The van der Waals surface area contributed by atoms with Gasteiger partial charge in [-0.2, -0.15) is 0 Å². The molecule has 2 nitrogen and oxygen atoms in total. The fourth-order valence-electron chi connectivity index (χ4n) is 2.18. The predicted molar refractivity (Wildman–Crippen MR) is 67.8 cm³/mol. The van der Waals surface area contributed by atoms with Crippen molar-refractivity contribution in [1.29, 1.82) is 0 Å². The Balaban J connectivity index is 2.51. The number of rotatable bonds is 1. The molecule has 0 spiro atoms. The normalized spacial score (nSPS) is 11.4. The summed E-state index contributed by atoms with van der Waals surface area (Å²) >= 11 is 5.86. The first kappa shape index (κ1) is 9.67. The topological polar surface area (TPSA) is 17.8 Å². The van der Waals surface area contributed by atoms with E-state index >= 15 is 0 Å². The Morgan fingerprint density at radius 2 is 2.06 bits per heavy atom. The second-order valence-electron chi connectivity index (χ2n) is 3.94. The van der Waals surface area contributed by atoms with Crippen LogP contribution in [-0.4, -0.2) is 9.55 Å². The second kappa shape index (κ2) is 3.49. The molecule has 0 atom stereocenters. The number of nitrogens with zero attached hydrogens (tertiary/aromatic N) is 2. The lowest BCUT2D eigenvalue weighted by atomic mass is 10.1. The van der Waals surface area contributed by atoms with Gasteiger partial charge in [-0.15, -0.1) is 11.6 Å². The first-order valence-corrected chi connectivity index (χ1v) is 5.71. The van der Waals surface area contributed by atoms with E-state index in [9.17, 15) is 0 Å². The molecule has 1 aromatic carbocycles. The van der Waals surface area contributed by atoms with Gasteiger partial charge in [0.05, 0.1) is 5.52 Å². The minimum atomic E-state index is 0.551. The molecule has 0 fully saturated rings. The monoisotopic (exact) mass is 230 g/mol. The van der Waals surface area contributed by atoms with Gasteiger partial charge in [-0.3, -0.25) is 4.98 Å². The highest BCUT2D eigenvalue weighted by Gasteiger charge is 2.07. The molecular weight excluding hydrogens is 220 g/mol. The molecule has 0 N–H and O–H groups in total. The third-order valence-corrected chi connectivity index (χ3v) is 3.34. The van der Waals surface area contributed by atoms with Crippen LogP contribution in [0.3, 0.4) is 0 Å². The highest BCUT2D eigenvalue weighted by atomic mass is 35.5. The van der Waals surface area contributed by atoms with Gasteiger partial charge < -0.3 is 4.57 Å². The molecular formula is C13H11ClN2.